The van der Waals surface area contributed by atoms with Crippen LogP contribution in [-0.2, 0) is 10.5 Å². The van der Waals surface area contributed by atoms with E-state index in [0.717, 1.165) is 41.7 Å². The zero-order valence-electron chi connectivity index (χ0n) is 17.9. The number of fused-ring (bicyclic) bond motifs is 4. The summed E-state index contributed by atoms with van der Waals surface area (Å²) in [5.41, 5.74) is 0.578. The Labute approximate surface area is 173 Å². The highest BCUT2D eigenvalue weighted by Gasteiger charge is 2.58. The molecule has 2 bridgehead atoms. The summed E-state index contributed by atoms with van der Waals surface area (Å²) >= 11 is 0. The van der Waals surface area contributed by atoms with Crippen LogP contribution in [0.15, 0.2) is 43.1 Å². The van der Waals surface area contributed by atoms with Crippen molar-refractivity contribution in [2.24, 2.45) is 17.3 Å². The third-order valence-corrected chi connectivity index (χ3v) is 7.18. The van der Waals surface area contributed by atoms with Crippen LogP contribution in [0.4, 0.5) is 0 Å². The number of methoxy groups -OCH3 is 1. The molecule has 5 heteroatoms. The van der Waals surface area contributed by atoms with Gasteiger partial charge in [-0.25, -0.2) is 4.89 Å². The van der Waals surface area contributed by atoms with Gasteiger partial charge in [0, 0.05) is 29.7 Å². The van der Waals surface area contributed by atoms with Crippen LogP contribution in [0.5, 0.6) is 5.75 Å². The zero-order valence-corrected chi connectivity index (χ0v) is 17.9. The molecule has 3 aliphatic rings. The minimum Gasteiger partial charge on any atom is -0.497 e. The van der Waals surface area contributed by atoms with E-state index >= 15 is 0 Å². The van der Waals surface area contributed by atoms with E-state index in [9.17, 15) is 5.26 Å². The maximum Gasteiger partial charge on any atom is 0.149 e. The molecule has 1 aromatic carbocycles. The molecule has 29 heavy (non-hydrogen) atoms. The summed E-state index contributed by atoms with van der Waals surface area (Å²) < 4.78 is 5.48. The van der Waals surface area contributed by atoms with Crippen molar-refractivity contribution in [2.75, 3.05) is 20.2 Å². The van der Waals surface area contributed by atoms with Gasteiger partial charge in [-0.15, -0.1) is 6.58 Å². The molecule has 3 fully saturated rings. The second-order valence-corrected chi connectivity index (χ2v) is 9.51. The second kappa shape index (κ2) is 7.38. The third kappa shape index (κ3) is 3.07. The van der Waals surface area contributed by atoms with Gasteiger partial charge in [-0.3, -0.25) is 15.1 Å². The van der Waals surface area contributed by atoms with E-state index in [1.165, 1.54) is 6.42 Å². The second-order valence-electron chi connectivity index (χ2n) is 9.51. The quantitative estimate of drug-likeness (QED) is 0.444. The van der Waals surface area contributed by atoms with Crippen LogP contribution in [0.3, 0.4) is 0 Å². The molecule has 0 saturated carbocycles. The SMILES string of the molecule is C=C[C@H]1CN2CC[C@H]1C[C@H]2[C@](OO)(c1ccnc2ccc(OC)cc12)C(C)(C)C. The molecule has 3 aliphatic heterocycles. The van der Waals surface area contributed by atoms with Gasteiger partial charge in [0.15, 0.2) is 0 Å². The number of hydrogen-bond donors (Lipinski definition) is 1. The predicted molar refractivity (Wildman–Crippen MR) is 115 cm³/mol. The van der Waals surface area contributed by atoms with Crippen molar-refractivity contribution in [3.63, 3.8) is 0 Å². The highest BCUT2D eigenvalue weighted by molar-refractivity contribution is 5.84. The van der Waals surface area contributed by atoms with E-state index in [0.29, 0.717) is 11.8 Å². The van der Waals surface area contributed by atoms with E-state index in [1.54, 1.807) is 7.11 Å². The largest absolute Gasteiger partial charge is 0.497 e. The molecule has 1 unspecified atom stereocenters. The lowest BCUT2D eigenvalue weighted by Gasteiger charge is -2.58. The first-order valence-corrected chi connectivity index (χ1v) is 10.5. The number of aromatic nitrogens is 1. The number of rotatable bonds is 5. The van der Waals surface area contributed by atoms with Gasteiger partial charge in [-0.05, 0) is 60.9 Å². The fourth-order valence-electron chi connectivity index (χ4n) is 5.66. The topological polar surface area (TPSA) is 54.8 Å². The molecular weight excluding hydrogens is 364 g/mol. The predicted octanol–water partition coefficient (Wildman–Crippen LogP) is 4.87. The molecule has 0 aliphatic carbocycles. The molecule has 156 valence electrons. The molecule has 2 aromatic rings. The molecule has 4 heterocycles. The van der Waals surface area contributed by atoms with E-state index in [1.807, 2.05) is 30.5 Å². The maximum atomic E-state index is 10.6. The van der Waals surface area contributed by atoms with Crippen LogP contribution < -0.4 is 4.74 Å². The van der Waals surface area contributed by atoms with Gasteiger partial charge in [0.1, 0.15) is 11.4 Å². The fraction of sp³-hybridized carbons (Fsp3) is 0.542. The molecule has 1 N–H and O–H groups in total. The number of benzene rings is 1. The van der Waals surface area contributed by atoms with Crippen molar-refractivity contribution in [3.8, 4) is 5.75 Å². The third-order valence-electron chi connectivity index (χ3n) is 7.18. The Morgan fingerprint density at radius 1 is 1.28 bits per heavy atom. The first kappa shape index (κ1) is 20.3. The van der Waals surface area contributed by atoms with Gasteiger partial charge in [0.25, 0.3) is 0 Å². The fourth-order valence-corrected chi connectivity index (χ4v) is 5.66. The highest BCUT2D eigenvalue weighted by Crippen LogP contribution is 2.53. The molecule has 0 spiro atoms. The Hall–Kier alpha value is -1.95. The molecule has 0 amide bonds. The van der Waals surface area contributed by atoms with Gasteiger partial charge in [0.05, 0.1) is 12.6 Å². The molecule has 1 aromatic heterocycles. The Bertz CT molecular complexity index is 907. The number of hydrogen-bond acceptors (Lipinski definition) is 5. The Morgan fingerprint density at radius 3 is 2.66 bits per heavy atom. The van der Waals surface area contributed by atoms with Crippen molar-refractivity contribution >= 4 is 10.9 Å². The molecule has 0 radical (unpaired) electrons. The van der Waals surface area contributed by atoms with Crippen LogP contribution in [0.2, 0.25) is 0 Å². The minimum atomic E-state index is -0.897. The number of piperidine rings is 3. The van der Waals surface area contributed by atoms with Crippen molar-refractivity contribution in [1.29, 1.82) is 0 Å². The molecule has 5 rings (SSSR count). The van der Waals surface area contributed by atoms with Crippen LogP contribution in [0, 0.1) is 17.3 Å². The van der Waals surface area contributed by atoms with E-state index in [4.69, 9.17) is 9.62 Å². The van der Waals surface area contributed by atoms with Gasteiger partial charge in [-0.2, -0.15) is 0 Å². The standard InChI is InChI=1S/C24H32N2O3/c1-6-16-15-26-12-10-17(16)13-22(26)24(29-27,23(2,3)4)20-9-11-25-21-8-7-18(28-5)14-19(20)21/h6-9,11,14,16-17,22,27H,1,10,12-13,15H2,2-5H3/t16-,17-,22-,24+/m0/s1. The molecule has 3 saturated heterocycles. The van der Waals surface area contributed by atoms with E-state index in [-0.39, 0.29) is 11.5 Å². The average Bonchev–Trinajstić information content (AvgIpc) is 2.73. The summed E-state index contributed by atoms with van der Waals surface area (Å²) in [6.07, 6.45) is 6.05. The van der Waals surface area contributed by atoms with Gasteiger partial charge >= 0.3 is 0 Å². The van der Waals surface area contributed by atoms with E-state index in [2.05, 4.69) is 43.3 Å². The average molecular weight is 397 g/mol. The molecule has 5 atom stereocenters. The lowest BCUT2D eigenvalue weighted by atomic mass is 9.61. The Balaban J connectivity index is 1.93. The highest BCUT2D eigenvalue weighted by atomic mass is 17.1. The summed E-state index contributed by atoms with van der Waals surface area (Å²) in [7, 11) is 1.66. The summed E-state index contributed by atoms with van der Waals surface area (Å²) in [6, 6.07) is 7.94. The number of pyridine rings is 1. The van der Waals surface area contributed by atoms with Crippen molar-refractivity contribution in [1.82, 2.24) is 9.88 Å². The van der Waals surface area contributed by atoms with Crippen molar-refractivity contribution in [3.05, 3.63) is 48.7 Å². The van der Waals surface area contributed by atoms with Gasteiger partial charge in [0.2, 0.25) is 0 Å². The normalized spacial score (nSPS) is 28.9. The van der Waals surface area contributed by atoms with Crippen LogP contribution in [0.25, 0.3) is 10.9 Å². The Morgan fingerprint density at radius 2 is 2.07 bits per heavy atom. The molecule has 5 nitrogen and oxygen atoms in total. The van der Waals surface area contributed by atoms with E-state index < -0.39 is 5.60 Å². The lowest BCUT2D eigenvalue weighted by molar-refractivity contribution is -0.377. The number of ether oxygens (including phenoxy) is 1. The van der Waals surface area contributed by atoms with Crippen molar-refractivity contribution in [2.45, 2.75) is 45.3 Å². The van der Waals surface area contributed by atoms with Crippen molar-refractivity contribution < 1.29 is 14.9 Å². The Kier molecular flexibility index (Phi) is 5.18. The summed E-state index contributed by atoms with van der Waals surface area (Å²) in [5.74, 6) is 1.84. The summed E-state index contributed by atoms with van der Waals surface area (Å²) in [4.78, 5) is 12.6. The summed E-state index contributed by atoms with van der Waals surface area (Å²) in [6.45, 7) is 12.5. The lowest BCUT2D eigenvalue weighted by Crippen LogP contribution is -2.65. The van der Waals surface area contributed by atoms with Gasteiger partial charge < -0.3 is 4.74 Å². The first-order valence-electron chi connectivity index (χ1n) is 10.5. The first-order chi connectivity index (χ1) is 13.9. The van der Waals surface area contributed by atoms with Crippen LogP contribution in [0.1, 0.15) is 39.2 Å². The number of nitrogens with zero attached hydrogens (tertiary/aromatic N) is 2. The molecular formula is C24H32N2O3. The maximum absolute atomic E-state index is 10.6. The summed E-state index contributed by atoms with van der Waals surface area (Å²) in [5, 5.41) is 11.5. The monoisotopic (exact) mass is 396 g/mol. The van der Waals surface area contributed by atoms with Gasteiger partial charge in [-0.1, -0.05) is 26.8 Å². The smallest absolute Gasteiger partial charge is 0.149 e. The van der Waals surface area contributed by atoms with Crippen LogP contribution >= 0.6 is 0 Å². The zero-order chi connectivity index (χ0) is 20.8. The minimum absolute atomic E-state index is 0.0688. The van der Waals surface area contributed by atoms with Crippen LogP contribution in [-0.4, -0.2) is 41.4 Å².